The van der Waals surface area contributed by atoms with Gasteiger partial charge in [0.05, 0.1) is 13.2 Å². The number of rotatable bonds is 10. The van der Waals surface area contributed by atoms with E-state index in [9.17, 15) is 14.7 Å². The lowest BCUT2D eigenvalue weighted by atomic mass is 9.95. The largest absolute Gasteiger partial charge is 0.480 e. The highest BCUT2D eigenvalue weighted by molar-refractivity contribution is 6.76. The first-order chi connectivity index (χ1) is 14.2. The highest BCUT2D eigenvalue weighted by Gasteiger charge is 2.43. The number of carbonyl (C=O) groups excluding carboxylic acids is 1. The molecule has 0 heterocycles. The maximum Gasteiger partial charge on any atom is 0.326 e. The van der Waals surface area contributed by atoms with Crippen molar-refractivity contribution in [2.75, 3.05) is 6.61 Å². The average molecular weight is 473 g/mol. The van der Waals surface area contributed by atoms with Gasteiger partial charge in [-0.15, -0.1) is 0 Å². The summed E-state index contributed by atoms with van der Waals surface area (Å²) in [4.78, 5) is 26.2. The molecule has 0 bridgehead atoms. The van der Waals surface area contributed by atoms with Gasteiger partial charge in [-0.05, 0) is 17.5 Å². The molecule has 2 rings (SSSR count). The first-order valence-electron chi connectivity index (χ1n) is 9.50. The molecule has 30 heavy (non-hydrogen) atoms. The summed E-state index contributed by atoms with van der Waals surface area (Å²) >= 11 is 17.5. The van der Waals surface area contributed by atoms with Crippen molar-refractivity contribution in [2.24, 2.45) is 5.92 Å². The normalized spacial score (nSPS) is 13.5. The van der Waals surface area contributed by atoms with Crippen LogP contribution < -0.4 is 0 Å². The Balaban J connectivity index is 2.24. The Labute approximate surface area is 191 Å². The Hall–Kier alpha value is -1.79. The number of carboxylic acid groups (broad SMARTS) is 1. The van der Waals surface area contributed by atoms with Gasteiger partial charge in [0.2, 0.25) is 0 Å². The summed E-state index contributed by atoms with van der Waals surface area (Å²) in [5, 5.41) is 9.98. The first kappa shape index (κ1) is 24.5. The first-order valence-corrected chi connectivity index (χ1v) is 10.6. The fraction of sp³-hybridized carbons (Fsp3) is 0.364. The minimum atomic E-state index is -2.27. The zero-order valence-corrected chi connectivity index (χ0v) is 18.8. The van der Waals surface area contributed by atoms with Crippen molar-refractivity contribution in [3.8, 4) is 0 Å². The molecule has 2 aromatic rings. The van der Waals surface area contributed by atoms with E-state index in [1.807, 2.05) is 43.3 Å². The second kappa shape index (κ2) is 11.6. The van der Waals surface area contributed by atoms with Gasteiger partial charge in [-0.3, -0.25) is 4.79 Å². The van der Waals surface area contributed by atoms with Crippen LogP contribution in [0.1, 0.15) is 24.5 Å². The Morgan fingerprint density at radius 2 is 1.53 bits per heavy atom. The van der Waals surface area contributed by atoms with Crippen LogP contribution >= 0.6 is 34.8 Å². The molecule has 2 atom stereocenters. The van der Waals surface area contributed by atoms with E-state index < -0.39 is 27.6 Å². The van der Waals surface area contributed by atoms with E-state index in [1.54, 1.807) is 24.3 Å². The zero-order valence-electron chi connectivity index (χ0n) is 16.5. The highest BCUT2D eigenvalue weighted by atomic mass is 35.6. The minimum absolute atomic E-state index is 0.000263. The Morgan fingerprint density at radius 1 is 1.00 bits per heavy atom. The van der Waals surface area contributed by atoms with Crippen LogP contribution in [-0.4, -0.2) is 38.3 Å². The highest BCUT2D eigenvalue weighted by Crippen LogP contribution is 2.32. The number of carbonyl (C=O) groups is 2. The average Bonchev–Trinajstić information content (AvgIpc) is 2.72. The predicted molar refractivity (Wildman–Crippen MR) is 119 cm³/mol. The molecule has 0 unspecified atom stereocenters. The van der Waals surface area contributed by atoms with Gasteiger partial charge in [-0.2, -0.15) is 0 Å². The van der Waals surface area contributed by atoms with Gasteiger partial charge in [0, 0.05) is 12.5 Å². The molecule has 0 aliphatic rings. The molecular formula is C22H24Cl3NO4. The van der Waals surface area contributed by atoms with Crippen molar-refractivity contribution in [1.29, 1.82) is 0 Å². The SMILES string of the molecule is CC[C@H](COCc1ccccc1)[C@H](C(=O)O)N(Cc1ccccc1)C(=O)C(Cl)(Cl)Cl. The van der Waals surface area contributed by atoms with Crippen molar-refractivity contribution in [3.63, 3.8) is 0 Å². The summed E-state index contributed by atoms with van der Waals surface area (Å²) in [5.74, 6) is -2.56. The van der Waals surface area contributed by atoms with Crippen molar-refractivity contribution < 1.29 is 19.4 Å². The molecule has 0 fully saturated rings. The number of amides is 1. The van der Waals surface area contributed by atoms with Crippen LogP contribution in [-0.2, 0) is 27.5 Å². The number of benzene rings is 2. The van der Waals surface area contributed by atoms with Crippen LogP contribution in [0.4, 0.5) is 0 Å². The number of ether oxygens (including phenoxy) is 1. The molecule has 8 heteroatoms. The van der Waals surface area contributed by atoms with E-state index in [0.717, 1.165) is 16.0 Å². The van der Waals surface area contributed by atoms with Crippen molar-refractivity contribution in [2.45, 2.75) is 36.3 Å². The van der Waals surface area contributed by atoms with E-state index >= 15 is 0 Å². The second-order valence-electron chi connectivity index (χ2n) is 6.87. The molecule has 162 valence electrons. The van der Waals surface area contributed by atoms with Gasteiger partial charge in [0.25, 0.3) is 9.70 Å². The maximum atomic E-state index is 12.9. The molecule has 0 saturated carbocycles. The number of alkyl halides is 3. The lowest BCUT2D eigenvalue weighted by Gasteiger charge is -2.35. The second-order valence-corrected chi connectivity index (χ2v) is 9.15. The monoisotopic (exact) mass is 471 g/mol. The predicted octanol–water partition coefficient (Wildman–Crippen LogP) is 5.08. The van der Waals surface area contributed by atoms with Crippen LogP contribution in [0.5, 0.6) is 0 Å². The number of nitrogens with zero attached hydrogens (tertiary/aromatic N) is 1. The van der Waals surface area contributed by atoms with Crippen LogP contribution in [0, 0.1) is 5.92 Å². The lowest BCUT2D eigenvalue weighted by molar-refractivity contribution is -0.154. The molecule has 0 saturated heterocycles. The molecular weight excluding hydrogens is 449 g/mol. The Kier molecular flexibility index (Phi) is 9.43. The smallest absolute Gasteiger partial charge is 0.326 e. The van der Waals surface area contributed by atoms with E-state index in [4.69, 9.17) is 39.5 Å². The summed E-state index contributed by atoms with van der Waals surface area (Å²) < 4.78 is 3.50. The van der Waals surface area contributed by atoms with Gasteiger partial charge < -0.3 is 14.7 Å². The zero-order chi connectivity index (χ0) is 22.1. The van der Waals surface area contributed by atoms with Crippen LogP contribution in [0.3, 0.4) is 0 Å². The number of halogens is 3. The van der Waals surface area contributed by atoms with Gasteiger partial charge >= 0.3 is 5.97 Å². The molecule has 0 radical (unpaired) electrons. The molecule has 2 aromatic carbocycles. The third-order valence-corrected chi connectivity index (χ3v) is 5.19. The molecule has 0 aromatic heterocycles. The van der Waals surface area contributed by atoms with Gasteiger partial charge in [0.15, 0.2) is 0 Å². The number of carboxylic acids is 1. The van der Waals surface area contributed by atoms with Gasteiger partial charge in [-0.25, -0.2) is 4.79 Å². The van der Waals surface area contributed by atoms with Crippen LogP contribution in [0.15, 0.2) is 60.7 Å². The maximum absolute atomic E-state index is 12.9. The van der Waals surface area contributed by atoms with Crippen molar-refractivity contribution >= 4 is 46.7 Å². The molecule has 1 amide bonds. The quantitative estimate of drug-likeness (QED) is 0.490. The summed E-state index contributed by atoms with van der Waals surface area (Å²) in [6.45, 7) is 2.31. The molecule has 5 nitrogen and oxygen atoms in total. The van der Waals surface area contributed by atoms with Gasteiger partial charge in [0.1, 0.15) is 6.04 Å². The summed E-state index contributed by atoms with van der Waals surface area (Å²) in [6.07, 6.45) is 0.462. The summed E-state index contributed by atoms with van der Waals surface area (Å²) in [7, 11) is 0. The lowest BCUT2D eigenvalue weighted by Crippen LogP contribution is -2.53. The Bertz CT molecular complexity index is 812. The summed E-state index contributed by atoms with van der Waals surface area (Å²) in [6, 6.07) is 17.3. The third kappa shape index (κ3) is 7.17. The molecule has 0 aliphatic heterocycles. The van der Waals surface area contributed by atoms with Gasteiger partial charge in [-0.1, -0.05) is 102 Å². The number of hydrogen-bond acceptors (Lipinski definition) is 3. The number of hydrogen-bond donors (Lipinski definition) is 1. The van der Waals surface area contributed by atoms with Crippen molar-refractivity contribution in [1.82, 2.24) is 4.90 Å². The van der Waals surface area contributed by atoms with E-state index in [2.05, 4.69) is 0 Å². The third-order valence-electron chi connectivity index (χ3n) is 4.70. The fourth-order valence-electron chi connectivity index (χ4n) is 3.16. The summed E-state index contributed by atoms with van der Waals surface area (Å²) in [5.41, 5.74) is 1.70. The van der Waals surface area contributed by atoms with Crippen molar-refractivity contribution in [3.05, 3.63) is 71.8 Å². The number of aliphatic carboxylic acids is 1. The standard InChI is InChI=1S/C22H24Cl3NO4/c1-2-18(15-30-14-17-11-7-4-8-12-17)19(20(27)28)26(21(29)22(23,24)25)13-16-9-5-3-6-10-16/h3-12,18-19H,2,13-15H2,1H3,(H,27,28)/t18-,19-/m1/s1. The fourth-order valence-corrected chi connectivity index (χ4v) is 3.49. The molecule has 0 spiro atoms. The minimum Gasteiger partial charge on any atom is -0.480 e. The molecule has 1 N–H and O–H groups in total. The van der Waals surface area contributed by atoms with E-state index in [0.29, 0.717) is 13.0 Å². The van der Waals surface area contributed by atoms with Crippen LogP contribution in [0.2, 0.25) is 0 Å². The van der Waals surface area contributed by atoms with E-state index in [1.165, 1.54) is 0 Å². The topological polar surface area (TPSA) is 66.8 Å². The Morgan fingerprint density at radius 3 is 2.00 bits per heavy atom. The molecule has 0 aliphatic carbocycles. The van der Waals surface area contributed by atoms with Crippen LogP contribution in [0.25, 0.3) is 0 Å². The van der Waals surface area contributed by atoms with E-state index in [-0.39, 0.29) is 13.2 Å².